The van der Waals surface area contributed by atoms with Crippen molar-refractivity contribution in [2.24, 2.45) is 0 Å². The van der Waals surface area contributed by atoms with Crippen molar-refractivity contribution in [2.45, 2.75) is 26.9 Å². The smallest absolute Gasteiger partial charge is 0.339 e. The molecule has 0 amide bonds. The van der Waals surface area contributed by atoms with Crippen LogP contribution in [0.4, 0.5) is 0 Å². The molecule has 17 heavy (non-hydrogen) atoms. The van der Waals surface area contributed by atoms with E-state index in [9.17, 15) is 15.0 Å². The Labute approximate surface area is 105 Å². The highest BCUT2D eigenvalue weighted by Gasteiger charge is 2.25. The molecular formula is C12H15ClO4. The molecule has 0 aliphatic carbocycles. The molecule has 1 atom stereocenters. The molecule has 0 bridgehead atoms. The Balaban J connectivity index is 3.22. The number of aliphatic hydroxyl groups excluding tert-OH is 1. The Hall–Kier alpha value is -1.26. The van der Waals surface area contributed by atoms with Crippen LogP contribution in [0.2, 0.25) is 5.02 Å². The van der Waals surface area contributed by atoms with Crippen LogP contribution >= 0.6 is 11.6 Å². The summed E-state index contributed by atoms with van der Waals surface area (Å²) in [5.41, 5.74) is 1.37. The van der Waals surface area contributed by atoms with Gasteiger partial charge in [-0.25, -0.2) is 4.79 Å². The van der Waals surface area contributed by atoms with Crippen LogP contribution in [0.1, 0.15) is 29.7 Å². The number of hydrogen-bond acceptors (Lipinski definition) is 4. The van der Waals surface area contributed by atoms with Gasteiger partial charge in [-0.05, 0) is 31.9 Å². The first-order chi connectivity index (χ1) is 7.90. The monoisotopic (exact) mass is 258 g/mol. The van der Waals surface area contributed by atoms with Crippen molar-refractivity contribution in [3.63, 3.8) is 0 Å². The Morgan fingerprint density at radius 1 is 1.47 bits per heavy atom. The van der Waals surface area contributed by atoms with Gasteiger partial charge in [0.15, 0.2) is 6.10 Å². The van der Waals surface area contributed by atoms with Crippen LogP contribution in [0.15, 0.2) is 6.07 Å². The summed E-state index contributed by atoms with van der Waals surface area (Å²) in [7, 11) is 0. The summed E-state index contributed by atoms with van der Waals surface area (Å²) in [5, 5.41) is 19.8. The van der Waals surface area contributed by atoms with Gasteiger partial charge >= 0.3 is 5.97 Å². The minimum Gasteiger partial charge on any atom is -0.506 e. The molecule has 0 fully saturated rings. The summed E-state index contributed by atoms with van der Waals surface area (Å²) in [5.74, 6) is -1.07. The van der Waals surface area contributed by atoms with E-state index in [-0.39, 0.29) is 22.9 Å². The number of esters is 1. The molecule has 0 aliphatic rings. The summed E-state index contributed by atoms with van der Waals surface area (Å²) >= 11 is 5.87. The minimum absolute atomic E-state index is 0.0963. The third-order valence-corrected chi connectivity index (χ3v) is 2.93. The van der Waals surface area contributed by atoms with Crippen molar-refractivity contribution < 1.29 is 19.7 Å². The maximum Gasteiger partial charge on any atom is 0.339 e. The van der Waals surface area contributed by atoms with Gasteiger partial charge in [-0.15, -0.1) is 0 Å². The SMILES string of the molecule is CCOC(=O)C(O)c1c(C)cc(C)c(Cl)c1O. The number of carbonyl (C=O) groups excluding carboxylic acids is 1. The van der Waals surface area contributed by atoms with Crippen LogP contribution in [-0.2, 0) is 9.53 Å². The molecule has 4 nitrogen and oxygen atoms in total. The van der Waals surface area contributed by atoms with Gasteiger partial charge in [0, 0.05) is 5.56 Å². The zero-order valence-corrected chi connectivity index (χ0v) is 10.7. The molecule has 5 heteroatoms. The van der Waals surface area contributed by atoms with Crippen molar-refractivity contribution in [2.75, 3.05) is 6.61 Å². The van der Waals surface area contributed by atoms with Crippen LogP contribution in [0.3, 0.4) is 0 Å². The zero-order valence-electron chi connectivity index (χ0n) is 9.95. The molecule has 1 aromatic carbocycles. The number of benzene rings is 1. The molecule has 2 N–H and O–H groups in total. The van der Waals surface area contributed by atoms with Gasteiger partial charge in [-0.2, -0.15) is 0 Å². The van der Waals surface area contributed by atoms with Crippen molar-refractivity contribution in [1.29, 1.82) is 0 Å². The number of aliphatic hydroxyl groups is 1. The number of carbonyl (C=O) groups is 1. The highest BCUT2D eigenvalue weighted by Crippen LogP contribution is 2.37. The number of phenols is 1. The van der Waals surface area contributed by atoms with Crippen LogP contribution in [0.25, 0.3) is 0 Å². The maximum absolute atomic E-state index is 11.4. The summed E-state index contributed by atoms with van der Waals surface area (Å²) in [6.07, 6.45) is -1.52. The fourth-order valence-electron chi connectivity index (χ4n) is 1.64. The maximum atomic E-state index is 11.4. The lowest BCUT2D eigenvalue weighted by Crippen LogP contribution is -2.16. The zero-order chi connectivity index (χ0) is 13.2. The molecule has 0 aliphatic heterocycles. The van der Waals surface area contributed by atoms with Gasteiger partial charge in [0.25, 0.3) is 0 Å². The third-order valence-electron chi connectivity index (χ3n) is 2.45. The summed E-state index contributed by atoms with van der Waals surface area (Å²) in [4.78, 5) is 11.4. The van der Waals surface area contributed by atoms with Gasteiger partial charge in [-0.1, -0.05) is 17.7 Å². The van der Waals surface area contributed by atoms with E-state index in [2.05, 4.69) is 0 Å². The van der Waals surface area contributed by atoms with Crippen molar-refractivity contribution in [3.05, 3.63) is 27.8 Å². The summed E-state index contributed by atoms with van der Waals surface area (Å²) < 4.78 is 4.70. The quantitative estimate of drug-likeness (QED) is 0.816. The Bertz CT molecular complexity index is 443. The van der Waals surface area contributed by atoms with Crippen molar-refractivity contribution in [3.8, 4) is 5.75 Å². The van der Waals surface area contributed by atoms with Gasteiger partial charge in [0.2, 0.25) is 0 Å². The Morgan fingerprint density at radius 2 is 2.06 bits per heavy atom. The van der Waals surface area contributed by atoms with E-state index < -0.39 is 12.1 Å². The van der Waals surface area contributed by atoms with Gasteiger partial charge < -0.3 is 14.9 Å². The molecule has 0 spiro atoms. The molecule has 1 rings (SSSR count). The lowest BCUT2D eigenvalue weighted by molar-refractivity contribution is -0.153. The number of rotatable bonds is 3. The van der Waals surface area contributed by atoms with E-state index in [1.54, 1.807) is 26.8 Å². The second-order valence-electron chi connectivity index (χ2n) is 3.74. The van der Waals surface area contributed by atoms with E-state index in [4.69, 9.17) is 16.3 Å². The van der Waals surface area contributed by atoms with Crippen LogP contribution in [0, 0.1) is 13.8 Å². The molecule has 1 aromatic rings. The number of halogens is 1. The highest BCUT2D eigenvalue weighted by atomic mass is 35.5. The summed E-state index contributed by atoms with van der Waals surface area (Å²) in [6.45, 7) is 5.21. The van der Waals surface area contributed by atoms with E-state index in [0.717, 1.165) is 0 Å². The molecule has 1 unspecified atom stereocenters. The number of ether oxygens (including phenoxy) is 1. The number of aromatic hydroxyl groups is 1. The first kappa shape index (κ1) is 13.8. The van der Waals surface area contributed by atoms with Crippen molar-refractivity contribution in [1.82, 2.24) is 0 Å². The Morgan fingerprint density at radius 3 is 2.59 bits per heavy atom. The topological polar surface area (TPSA) is 66.8 Å². The molecule has 0 saturated carbocycles. The fourth-order valence-corrected chi connectivity index (χ4v) is 1.80. The van der Waals surface area contributed by atoms with E-state index in [0.29, 0.717) is 11.1 Å². The van der Waals surface area contributed by atoms with E-state index >= 15 is 0 Å². The first-order valence-corrected chi connectivity index (χ1v) is 5.61. The number of aryl methyl sites for hydroxylation is 2. The number of phenolic OH excluding ortho intramolecular Hbond substituents is 1. The predicted octanol–water partition coefficient (Wildman–Crippen LogP) is 2.26. The second kappa shape index (κ2) is 5.38. The molecule has 0 aromatic heterocycles. The fraction of sp³-hybridized carbons (Fsp3) is 0.417. The van der Waals surface area contributed by atoms with Gasteiger partial charge in [-0.3, -0.25) is 0 Å². The molecule has 0 saturated heterocycles. The molecule has 0 radical (unpaired) electrons. The molecular weight excluding hydrogens is 244 g/mol. The lowest BCUT2D eigenvalue weighted by atomic mass is 9.99. The average molecular weight is 259 g/mol. The molecule has 0 heterocycles. The first-order valence-electron chi connectivity index (χ1n) is 5.23. The van der Waals surface area contributed by atoms with E-state index in [1.807, 2.05) is 0 Å². The molecule has 94 valence electrons. The minimum atomic E-state index is -1.52. The van der Waals surface area contributed by atoms with Gasteiger partial charge in [0.1, 0.15) is 5.75 Å². The van der Waals surface area contributed by atoms with Crippen LogP contribution in [0.5, 0.6) is 5.75 Å². The van der Waals surface area contributed by atoms with Crippen molar-refractivity contribution >= 4 is 17.6 Å². The average Bonchev–Trinajstić information content (AvgIpc) is 2.26. The highest BCUT2D eigenvalue weighted by molar-refractivity contribution is 6.33. The largest absolute Gasteiger partial charge is 0.506 e. The number of hydrogen-bond donors (Lipinski definition) is 2. The normalized spacial score (nSPS) is 12.3. The second-order valence-corrected chi connectivity index (χ2v) is 4.12. The predicted molar refractivity (Wildman–Crippen MR) is 64.2 cm³/mol. The van der Waals surface area contributed by atoms with Crippen LogP contribution in [-0.4, -0.2) is 22.8 Å². The lowest BCUT2D eigenvalue weighted by Gasteiger charge is -2.16. The van der Waals surface area contributed by atoms with E-state index in [1.165, 1.54) is 0 Å². The summed E-state index contributed by atoms with van der Waals surface area (Å²) in [6, 6.07) is 1.69. The van der Waals surface area contributed by atoms with Crippen LogP contribution < -0.4 is 0 Å². The van der Waals surface area contributed by atoms with Gasteiger partial charge in [0.05, 0.1) is 11.6 Å². The standard InChI is InChI=1S/C12H15ClO4/c1-4-17-12(16)11(15)8-6(2)5-7(3)9(13)10(8)14/h5,11,14-15H,4H2,1-3H3. The third kappa shape index (κ3) is 2.70. The Kier molecular flexibility index (Phi) is 4.37.